The molecule has 1 amide bonds. The van der Waals surface area contributed by atoms with Gasteiger partial charge in [0.25, 0.3) is 5.91 Å². The van der Waals surface area contributed by atoms with Crippen molar-refractivity contribution >= 4 is 17.4 Å². The lowest BCUT2D eigenvalue weighted by atomic mass is 10.0. The molecule has 2 aromatic rings. The van der Waals surface area contributed by atoms with Crippen LogP contribution in [-0.4, -0.2) is 10.9 Å². The van der Waals surface area contributed by atoms with Gasteiger partial charge in [0.1, 0.15) is 11.6 Å². The van der Waals surface area contributed by atoms with Crippen molar-refractivity contribution in [2.75, 3.05) is 11.1 Å². The standard InChI is InChI=1S/C15H16FN3O/c1-9(2)10-3-5-12(6-4-10)19-15(20)13-7-11(16)8-18-14(13)17/h3-9H,1-2H3,(H2,17,18)(H,19,20). The monoisotopic (exact) mass is 273 g/mol. The van der Waals surface area contributed by atoms with Crippen LogP contribution in [0.15, 0.2) is 36.5 Å². The van der Waals surface area contributed by atoms with Gasteiger partial charge in [0.15, 0.2) is 0 Å². The molecular formula is C15H16FN3O. The van der Waals surface area contributed by atoms with E-state index in [-0.39, 0.29) is 11.4 Å². The third-order valence-corrected chi connectivity index (χ3v) is 2.96. The largest absolute Gasteiger partial charge is 0.383 e. The lowest BCUT2D eigenvalue weighted by molar-refractivity contribution is 0.102. The Morgan fingerprint density at radius 1 is 1.30 bits per heavy atom. The van der Waals surface area contributed by atoms with Gasteiger partial charge in [0.05, 0.1) is 11.8 Å². The fourth-order valence-corrected chi connectivity index (χ4v) is 1.78. The SMILES string of the molecule is CC(C)c1ccc(NC(=O)c2cc(F)cnc2N)cc1. The van der Waals surface area contributed by atoms with Crippen molar-refractivity contribution in [1.82, 2.24) is 4.98 Å². The van der Waals surface area contributed by atoms with Crippen molar-refractivity contribution < 1.29 is 9.18 Å². The second kappa shape index (κ2) is 5.69. The molecule has 0 atom stereocenters. The number of pyridine rings is 1. The number of aromatic nitrogens is 1. The molecule has 5 heteroatoms. The van der Waals surface area contributed by atoms with Gasteiger partial charge < -0.3 is 11.1 Å². The summed E-state index contributed by atoms with van der Waals surface area (Å²) in [5.74, 6) is -0.656. The van der Waals surface area contributed by atoms with Crippen molar-refractivity contribution in [3.63, 3.8) is 0 Å². The summed E-state index contributed by atoms with van der Waals surface area (Å²) in [5, 5.41) is 2.67. The van der Waals surface area contributed by atoms with Crippen LogP contribution in [-0.2, 0) is 0 Å². The third-order valence-electron chi connectivity index (χ3n) is 2.96. The van der Waals surface area contributed by atoms with Crippen molar-refractivity contribution in [2.45, 2.75) is 19.8 Å². The van der Waals surface area contributed by atoms with Crippen LogP contribution in [0.4, 0.5) is 15.9 Å². The van der Waals surface area contributed by atoms with Crippen molar-refractivity contribution in [1.29, 1.82) is 0 Å². The molecule has 0 bridgehead atoms. The third kappa shape index (κ3) is 3.12. The molecule has 0 spiro atoms. The summed E-state index contributed by atoms with van der Waals surface area (Å²) < 4.78 is 13.1. The number of nitrogens with zero attached hydrogens (tertiary/aromatic N) is 1. The quantitative estimate of drug-likeness (QED) is 0.902. The molecule has 1 heterocycles. The zero-order valence-electron chi connectivity index (χ0n) is 11.4. The summed E-state index contributed by atoms with van der Waals surface area (Å²) in [6, 6.07) is 8.55. The normalized spacial score (nSPS) is 10.6. The fourth-order valence-electron chi connectivity index (χ4n) is 1.78. The van der Waals surface area contributed by atoms with E-state index in [2.05, 4.69) is 24.1 Å². The van der Waals surface area contributed by atoms with E-state index in [1.807, 2.05) is 12.1 Å². The van der Waals surface area contributed by atoms with Crippen LogP contribution in [0.2, 0.25) is 0 Å². The Morgan fingerprint density at radius 2 is 1.95 bits per heavy atom. The Morgan fingerprint density at radius 3 is 2.55 bits per heavy atom. The number of halogens is 1. The molecule has 0 saturated heterocycles. The molecular weight excluding hydrogens is 257 g/mol. The maximum absolute atomic E-state index is 13.1. The van der Waals surface area contributed by atoms with Crippen LogP contribution in [0, 0.1) is 5.82 Å². The number of amides is 1. The molecule has 1 aromatic carbocycles. The van der Waals surface area contributed by atoms with Crippen LogP contribution >= 0.6 is 0 Å². The predicted molar refractivity (Wildman–Crippen MR) is 77.1 cm³/mol. The Labute approximate surface area is 116 Å². The number of hydrogen-bond acceptors (Lipinski definition) is 3. The molecule has 0 saturated carbocycles. The van der Waals surface area contributed by atoms with E-state index in [9.17, 15) is 9.18 Å². The zero-order valence-corrected chi connectivity index (χ0v) is 11.4. The smallest absolute Gasteiger partial charge is 0.259 e. The number of nitrogens with two attached hydrogens (primary N) is 1. The highest BCUT2D eigenvalue weighted by Gasteiger charge is 2.12. The first-order chi connectivity index (χ1) is 9.47. The van der Waals surface area contributed by atoms with E-state index >= 15 is 0 Å². The Kier molecular flexibility index (Phi) is 3.98. The highest BCUT2D eigenvalue weighted by Crippen LogP contribution is 2.18. The summed E-state index contributed by atoms with van der Waals surface area (Å²) in [6.07, 6.45) is 0.976. The van der Waals surface area contributed by atoms with Gasteiger partial charge in [-0.2, -0.15) is 0 Å². The second-order valence-corrected chi connectivity index (χ2v) is 4.82. The van der Waals surface area contributed by atoms with Gasteiger partial charge >= 0.3 is 0 Å². The summed E-state index contributed by atoms with van der Waals surface area (Å²) in [6.45, 7) is 4.18. The topological polar surface area (TPSA) is 68.0 Å². The van der Waals surface area contributed by atoms with Crippen molar-refractivity contribution in [2.24, 2.45) is 0 Å². The van der Waals surface area contributed by atoms with Gasteiger partial charge in [0.2, 0.25) is 0 Å². The van der Waals surface area contributed by atoms with E-state index in [0.717, 1.165) is 12.3 Å². The van der Waals surface area contributed by atoms with Gasteiger partial charge in [-0.25, -0.2) is 9.37 Å². The molecule has 20 heavy (non-hydrogen) atoms. The average molecular weight is 273 g/mol. The van der Waals surface area contributed by atoms with Gasteiger partial charge in [-0.05, 0) is 29.7 Å². The molecule has 0 aliphatic heterocycles. The molecule has 0 fully saturated rings. The molecule has 3 N–H and O–H groups in total. The summed E-state index contributed by atoms with van der Waals surface area (Å²) in [4.78, 5) is 15.6. The minimum Gasteiger partial charge on any atom is -0.383 e. The lowest BCUT2D eigenvalue weighted by Gasteiger charge is -2.09. The maximum Gasteiger partial charge on any atom is 0.259 e. The van der Waals surface area contributed by atoms with Crippen LogP contribution in [0.1, 0.15) is 35.7 Å². The predicted octanol–water partition coefficient (Wildman–Crippen LogP) is 3.18. The number of hydrogen-bond donors (Lipinski definition) is 2. The summed E-state index contributed by atoms with van der Waals surface area (Å²) in [5.41, 5.74) is 7.40. The van der Waals surface area contributed by atoms with Gasteiger partial charge in [-0.1, -0.05) is 26.0 Å². The first-order valence-corrected chi connectivity index (χ1v) is 6.29. The molecule has 0 aliphatic rings. The maximum atomic E-state index is 13.1. The second-order valence-electron chi connectivity index (χ2n) is 4.82. The van der Waals surface area contributed by atoms with Crippen molar-refractivity contribution in [3.05, 3.63) is 53.5 Å². The summed E-state index contributed by atoms with van der Waals surface area (Å²) >= 11 is 0. The minimum atomic E-state index is -0.598. The highest BCUT2D eigenvalue weighted by atomic mass is 19.1. The Bertz CT molecular complexity index is 624. The van der Waals surface area contributed by atoms with E-state index < -0.39 is 11.7 Å². The van der Waals surface area contributed by atoms with E-state index in [0.29, 0.717) is 11.6 Å². The van der Waals surface area contributed by atoms with Crippen LogP contribution in [0.5, 0.6) is 0 Å². The molecule has 4 nitrogen and oxygen atoms in total. The van der Waals surface area contributed by atoms with Crippen LogP contribution in [0.3, 0.4) is 0 Å². The van der Waals surface area contributed by atoms with Crippen LogP contribution < -0.4 is 11.1 Å². The Balaban J connectivity index is 2.17. The average Bonchev–Trinajstić information content (AvgIpc) is 2.42. The van der Waals surface area contributed by atoms with E-state index in [1.54, 1.807) is 12.1 Å². The van der Waals surface area contributed by atoms with Crippen LogP contribution in [0.25, 0.3) is 0 Å². The number of carbonyl (C=O) groups is 1. The zero-order chi connectivity index (χ0) is 14.7. The van der Waals surface area contributed by atoms with Gasteiger partial charge in [0, 0.05) is 5.69 Å². The summed E-state index contributed by atoms with van der Waals surface area (Å²) in [7, 11) is 0. The molecule has 0 aliphatic carbocycles. The molecule has 0 unspecified atom stereocenters. The number of nitrogens with one attached hydrogen (secondary N) is 1. The minimum absolute atomic E-state index is 0.00250. The number of rotatable bonds is 3. The Hall–Kier alpha value is -2.43. The van der Waals surface area contributed by atoms with Gasteiger partial charge in [-0.15, -0.1) is 0 Å². The van der Waals surface area contributed by atoms with Gasteiger partial charge in [-0.3, -0.25) is 4.79 Å². The first kappa shape index (κ1) is 14.0. The molecule has 2 rings (SSSR count). The molecule has 104 valence electrons. The van der Waals surface area contributed by atoms with Crippen molar-refractivity contribution in [3.8, 4) is 0 Å². The highest BCUT2D eigenvalue weighted by molar-refractivity contribution is 6.07. The molecule has 1 aromatic heterocycles. The number of anilines is 2. The number of carbonyl (C=O) groups excluding carboxylic acids is 1. The number of benzene rings is 1. The fraction of sp³-hybridized carbons (Fsp3) is 0.200. The van der Waals surface area contributed by atoms with E-state index in [1.165, 1.54) is 5.56 Å². The first-order valence-electron chi connectivity index (χ1n) is 6.29. The molecule has 0 radical (unpaired) electrons. The number of nitrogen functional groups attached to an aromatic ring is 1. The lowest BCUT2D eigenvalue weighted by Crippen LogP contribution is -2.15. The van der Waals surface area contributed by atoms with E-state index in [4.69, 9.17) is 5.73 Å².